The van der Waals surface area contributed by atoms with E-state index in [0.717, 1.165) is 12.0 Å². The first-order valence-electron chi connectivity index (χ1n) is 5.80. The van der Waals surface area contributed by atoms with Crippen LogP contribution in [-0.4, -0.2) is 12.6 Å². The van der Waals surface area contributed by atoms with Crippen LogP contribution in [0.1, 0.15) is 37.4 Å². The molecule has 2 unspecified atom stereocenters. The highest BCUT2D eigenvalue weighted by Gasteiger charge is 2.12. The summed E-state index contributed by atoms with van der Waals surface area (Å²) in [5.74, 6) is -0.164. The Morgan fingerprint density at radius 1 is 1.44 bits per heavy atom. The number of rotatable bonds is 5. The second kappa shape index (κ2) is 5.97. The predicted octanol–water partition coefficient (Wildman–Crippen LogP) is 2.52. The maximum Gasteiger partial charge on any atom is 0.126 e. The molecule has 0 aliphatic heterocycles. The van der Waals surface area contributed by atoms with E-state index < -0.39 is 0 Å². The molecular weight excluding hydrogens is 203 g/mol. The highest BCUT2D eigenvalue weighted by Crippen LogP contribution is 2.16. The number of hydrogen-bond acceptors (Lipinski definition) is 2. The standard InChI is InChI=1S/C13H21FN2/c1-4-10(3)16-13(8-15)11-5-6-12(14)9(2)7-11/h5-7,10,13,16H,4,8,15H2,1-3H3. The van der Waals surface area contributed by atoms with Crippen LogP contribution < -0.4 is 11.1 Å². The second-order valence-electron chi connectivity index (χ2n) is 4.27. The van der Waals surface area contributed by atoms with Crippen molar-refractivity contribution < 1.29 is 4.39 Å². The smallest absolute Gasteiger partial charge is 0.126 e. The normalized spacial score (nSPS) is 14.8. The first kappa shape index (κ1) is 13.1. The van der Waals surface area contributed by atoms with E-state index in [1.165, 1.54) is 6.07 Å². The Morgan fingerprint density at radius 3 is 2.62 bits per heavy atom. The molecule has 0 aliphatic carbocycles. The van der Waals surface area contributed by atoms with E-state index in [1.807, 2.05) is 6.07 Å². The summed E-state index contributed by atoms with van der Waals surface area (Å²) >= 11 is 0. The van der Waals surface area contributed by atoms with Crippen molar-refractivity contribution in [3.8, 4) is 0 Å². The zero-order valence-corrected chi connectivity index (χ0v) is 10.3. The molecule has 0 aromatic heterocycles. The second-order valence-corrected chi connectivity index (χ2v) is 4.27. The fraction of sp³-hybridized carbons (Fsp3) is 0.538. The van der Waals surface area contributed by atoms with Gasteiger partial charge in [-0.1, -0.05) is 19.1 Å². The summed E-state index contributed by atoms with van der Waals surface area (Å²) in [5, 5.41) is 3.43. The third-order valence-electron chi connectivity index (χ3n) is 2.92. The SMILES string of the molecule is CCC(C)NC(CN)c1ccc(F)c(C)c1. The Bertz CT molecular complexity index is 339. The van der Waals surface area contributed by atoms with Crippen LogP contribution in [0.25, 0.3) is 0 Å². The van der Waals surface area contributed by atoms with Crippen LogP contribution in [0.3, 0.4) is 0 Å². The molecule has 3 heteroatoms. The summed E-state index contributed by atoms with van der Waals surface area (Å²) in [7, 11) is 0. The topological polar surface area (TPSA) is 38.0 Å². The molecule has 2 atom stereocenters. The van der Waals surface area contributed by atoms with Crippen LogP contribution in [-0.2, 0) is 0 Å². The molecule has 3 N–H and O–H groups in total. The maximum absolute atomic E-state index is 13.1. The minimum Gasteiger partial charge on any atom is -0.329 e. The number of benzene rings is 1. The molecule has 0 amide bonds. The van der Waals surface area contributed by atoms with Crippen molar-refractivity contribution in [3.05, 3.63) is 35.1 Å². The van der Waals surface area contributed by atoms with Gasteiger partial charge in [-0.25, -0.2) is 4.39 Å². The van der Waals surface area contributed by atoms with Gasteiger partial charge in [0.05, 0.1) is 0 Å². The molecule has 1 aromatic rings. The van der Waals surface area contributed by atoms with Gasteiger partial charge in [0.2, 0.25) is 0 Å². The molecule has 0 bridgehead atoms. The van der Waals surface area contributed by atoms with E-state index in [2.05, 4.69) is 19.2 Å². The van der Waals surface area contributed by atoms with Crippen molar-refractivity contribution >= 4 is 0 Å². The highest BCUT2D eigenvalue weighted by molar-refractivity contribution is 5.26. The molecule has 90 valence electrons. The Hall–Kier alpha value is -0.930. The van der Waals surface area contributed by atoms with Crippen molar-refractivity contribution in [2.24, 2.45) is 5.73 Å². The van der Waals surface area contributed by atoms with Crippen molar-refractivity contribution in [2.45, 2.75) is 39.3 Å². The zero-order valence-electron chi connectivity index (χ0n) is 10.3. The minimum atomic E-state index is -0.164. The van der Waals surface area contributed by atoms with E-state index in [1.54, 1.807) is 13.0 Å². The quantitative estimate of drug-likeness (QED) is 0.806. The van der Waals surface area contributed by atoms with E-state index in [9.17, 15) is 4.39 Å². The summed E-state index contributed by atoms with van der Waals surface area (Å²) in [6.45, 7) is 6.55. The van der Waals surface area contributed by atoms with Gasteiger partial charge in [-0.2, -0.15) is 0 Å². The van der Waals surface area contributed by atoms with Gasteiger partial charge in [0.25, 0.3) is 0 Å². The summed E-state index contributed by atoms with van der Waals surface area (Å²) in [4.78, 5) is 0. The number of nitrogens with one attached hydrogen (secondary N) is 1. The third-order valence-corrected chi connectivity index (χ3v) is 2.92. The largest absolute Gasteiger partial charge is 0.329 e. The molecular formula is C13H21FN2. The van der Waals surface area contributed by atoms with Gasteiger partial charge >= 0.3 is 0 Å². The Morgan fingerprint density at radius 2 is 2.12 bits per heavy atom. The lowest BCUT2D eigenvalue weighted by Gasteiger charge is -2.22. The van der Waals surface area contributed by atoms with Crippen molar-refractivity contribution in [3.63, 3.8) is 0 Å². The average molecular weight is 224 g/mol. The van der Waals surface area contributed by atoms with Crippen molar-refractivity contribution in [2.75, 3.05) is 6.54 Å². The fourth-order valence-electron chi connectivity index (χ4n) is 1.65. The van der Waals surface area contributed by atoms with Gasteiger partial charge in [0.15, 0.2) is 0 Å². The predicted molar refractivity (Wildman–Crippen MR) is 65.8 cm³/mol. The van der Waals surface area contributed by atoms with E-state index in [-0.39, 0.29) is 11.9 Å². The maximum atomic E-state index is 13.1. The summed E-state index contributed by atoms with van der Waals surface area (Å²) in [6, 6.07) is 5.69. The van der Waals surface area contributed by atoms with Crippen molar-refractivity contribution in [1.29, 1.82) is 0 Å². The van der Waals surface area contributed by atoms with E-state index >= 15 is 0 Å². The molecule has 0 radical (unpaired) electrons. The molecule has 0 saturated heterocycles. The number of aryl methyl sites for hydroxylation is 1. The first-order chi connectivity index (χ1) is 7.58. The fourth-order valence-corrected chi connectivity index (χ4v) is 1.65. The molecule has 1 rings (SSSR count). The van der Waals surface area contributed by atoms with Gasteiger partial charge in [0.1, 0.15) is 5.82 Å². The summed E-state index contributed by atoms with van der Waals surface area (Å²) in [6.07, 6.45) is 1.05. The van der Waals surface area contributed by atoms with E-state index in [0.29, 0.717) is 18.2 Å². The molecule has 0 heterocycles. The number of nitrogens with two attached hydrogens (primary N) is 1. The van der Waals surface area contributed by atoms with Gasteiger partial charge in [-0.15, -0.1) is 0 Å². The minimum absolute atomic E-state index is 0.106. The van der Waals surface area contributed by atoms with Crippen molar-refractivity contribution in [1.82, 2.24) is 5.32 Å². The number of hydrogen-bond donors (Lipinski definition) is 2. The van der Waals surface area contributed by atoms with E-state index in [4.69, 9.17) is 5.73 Å². The summed E-state index contributed by atoms with van der Waals surface area (Å²) < 4.78 is 13.1. The molecule has 0 saturated carbocycles. The molecule has 0 aliphatic rings. The first-order valence-corrected chi connectivity index (χ1v) is 5.80. The molecule has 0 spiro atoms. The Kier molecular flexibility index (Phi) is 4.90. The molecule has 16 heavy (non-hydrogen) atoms. The van der Waals surface area contributed by atoms with Crippen LogP contribution in [0.5, 0.6) is 0 Å². The summed E-state index contributed by atoms with van der Waals surface area (Å²) in [5.41, 5.74) is 7.47. The molecule has 2 nitrogen and oxygen atoms in total. The van der Waals surface area contributed by atoms with Crippen LogP contribution in [0.15, 0.2) is 18.2 Å². The zero-order chi connectivity index (χ0) is 12.1. The number of halogens is 1. The van der Waals surface area contributed by atoms with Crippen LogP contribution in [0, 0.1) is 12.7 Å². The lowest BCUT2D eigenvalue weighted by molar-refractivity contribution is 0.451. The third kappa shape index (κ3) is 3.29. The Labute approximate surface area is 97.0 Å². The lowest BCUT2D eigenvalue weighted by atomic mass is 10.0. The van der Waals surface area contributed by atoms with Crippen LogP contribution in [0.4, 0.5) is 4.39 Å². The van der Waals surface area contributed by atoms with Gasteiger partial charge < -0.3 is 11.1 Å². The molecule has 0 fully saturated rings. The Balaban J connectivity index is 2.82. The van der Waals surface area contributed by atoms with Gasteiger partial charge in [0, 0.05) is 18.6 Å². The van der Waals surface area contributed by atoms with Crippen LogP contribution in [0.2, 0.25) is 0 Å². The van der Waals surface area contributed by atoms with Gasteiger partial charge in [-0.05, 0) is 37.5 Å². The average Bonchev–Trinajstić information content (AvgIpc) is 2.29. The lowest BCUT2D eigenvalue weighted by Crippen LogP contribution is -2.34. The highest BCUT2D eigenvalue weighted by atomic mass is 19.1. The monoisotopic (exact) mass is 224 g/mol. The van der Waals surface area contributed by atoms with Gasteiger partial charge in [-0.3, -0.25) is 0 Å². The molecule has 1 aromatic carbocycles. The van der Waals surface area contributed by atoms with Crippen LogP contribution >= 0.6 is 0 Å².